The van der Waals surface area contributed by atoms with Crippen molar-refractivity contribution in [3.63, 3.8) is 0 Å². The van der Waals surface area contributed by atoms with Crippen LogP contribution in [0, 0.1) is 5.92 Å². The second-order valence-corrected chi connectivity index (χ2v) is 12.4. The van der Waals surface area contributed by atoms with Crippen molar-refractivity contribution >= 4 is 17.9 Å². The van der Waals surface area contributed by atoms with Crippen LogP contribution >= 0.6 is 0 Å². The van der Waals surface area contributed by atoms with Crippen LogP contribution in [0.25, 0.3) is 0 Å². The Labute approximate surface area is 224 Å². The summed E-state index contributed by atoms with van der Waals surface area (Å²) in [5.41, 5.74) is -0.581. The van der Waals surface area contributed by atoms with E-state index in [4.69, 9.17) is 4.74 Å². The van der Waals surface area contributed by atoms with E-state index in [0.717, 1.165) is 31.2 Å². The Morgan fingerprint density at radius 3 is 2.11 bits per heavy atom. The maximum Gasteiger partial charge on any atom is 0.408 e. The third kappa shape index (κ3) is 9.35. The molecule has 0 aromatic heterocycles. The molecule has 0 bridgehead atoms. The molecule has 0 heterocycles. The number of carbonyl (C=O) groups is 3. The van der Waals surface area contributed by atoms with Crippen LogP contribution < -0.4 is 10.6 Å². The summed E-state index contributed by atoms with van der Waals surface area (Å²) >= 11 is 0. The SMILES string of the molecule is CCC(C)(C)N(C(=O)C(CC(C)C)NC(=O)OC(C)(C)C)C(C(=O)NC1CCCCC1)c1ccccc1. The number of nitrogens with zero attached hydrogens (tertiary/aromatic N) is 1. The Morgan fingerprint density at radius 2 is 1.59 bits per heavy atom. The van der Waals surface area contributed by atoms with Gasteiger partial charge in [0.05, 0.1) is 0 Å². The molecule has 1 aromatic carbocycles. The molecule has 0 radical (unpaired) electrons. The highest BCUT2D eigenvalue weighted by molar-refractivity contribution is 5.92. The molecule has 0 saturated heterocycles. The van der Waals surface area contributed by atoms with Crippen LogP contribution in [0.1, 0.15) is 112 Å². The standard InChI is InChI=1S/C30H49N3O4/c1-9-30(7,8)33(27(35)24(20-21(2)3)32-28(36)37-29(4,5)6)25(22-16-12-10-13-17-22)26(34)31-23-18-14-11-15-19-23/h10,12-13,16-17,21,23-25H,9,11,14-15,18-20H2,1-8H3,(H,31,34)(H,32,36). The molecule has 3 amide bonds. The Kier molecular flexibility index (Phi) is 11.0. The number of hydrogen-bond donors (Lipinski definition) is 2. The van der Waals surface area contributed by atoms with E-state index in [9.17, 15) is 14.4 Å². The lowest BCUT2D eigenvalue weighted by Crippen LogP contribution is -2.60. The van der Waals surface area contributed by atoms with Gasteiger partial charge in [0.1, 0.15) is 17.7 Å². The van der Waals surface area contributed by atoms with Gasteiger partial charge in [-0.3, -0.25) is 9.59 Å². The van der Waals surface area contributed by atoms with E-state index in [1.54, 1.807) is 25.7 Å². The first-order valence-corrected chi connectivity index (χ1v) is 13.9. The fourth-order valence-electron chi connectivity index (χ4n) is 4.84. The molecular weight excluding hydrogens is 466 g/mol. The quantitative estimate of drug-likeness (QED) is 0.392. The highest BCUT2D eigenvalue weighted by atomic mass is 16.6. The highest BCUT2D eigenvalue weighted by Crippen LogP contribution is 2.33. The van der Waals surface area contributed by atoms with E-state index in [2.05, 4.69) is 10.6 Å². The van der Waals surface area contributed by atoms with Gasteiger partial charge in [0.15, 0.2) is 0 Å². The van der Waals surface area contributed by atoms with Gasteiger partial charge >= 0.3 is 6.09 Å². The van der Waals surface area contributed by atoms with Gasteiger partial charge in [-0.05, 0) is 71.8 Å². The van der Waals surface area contributed by atoms with Crippen LogP contribution in [0.2, 0.25) is 0 Å². The van der Waals surface area contributed by atoms with Gasteiger partial charge < -0.3 is 20.3 Å². The third-order valence-corrected chi connectivity index (χ3v) is 7.02. The van der Waals surface area contributed by atoms with Crippen molar-refractivity contribution < 1.29 is 19.1 Å². The number of rotatable bonds is 10. The minimum atomic E-state index is -0.825. The predicted octanol–water partition coefficient (Wildman–Crippen LogP) is 6.13. The van der Waals surface area contributed by atoms with Crippen LogP contribution in [-0.4, -0.2) is 46.0 Å². The van der Waals surface area contributed by atoms with E-state index < -0.39 is 29.3 Å². The van der Waals surface area contributed by atoms with E-state index in [0.29, 0.717) is 12.8 Å². The van der Waals surface area contributed by atoms with Crippen molar-refractivity contribution in [3.8, 4) is 0 Å². The minimum absolute atomic E-state index is 0.112. The molecule has 7 heteroatoms. The first kappa shape index (κ1) is 30.7. The first-order valence-electron chi connectivity index (χ1n) is 13.9. The Morgan fingerprint density at radius 1 is 1.00 bits per heavy atom. The Balaban J connectivity index is 2.51. The molecule has 1 fully saturated rings. The monoisotopic (exact) mass is 515 g/mol. The van der Waals surface area contributed by atoms with Crippen LogP contribution in [0.4, 0.5) is 4.79 Å². The summed E-state index contributed by atoms with van der Waals surface area (Å²) in [7, 11) is 0. The largest absolute Gasteiger partial charge is 0.444 e. The average molecular weight is 516 g/mol. The molecule has 2 unspecified atom stereocenters. The summed E-state index contributed by atoms with van der Waals surface area (Å²) in [6.45, 7) is 15.4. The van der Waals surface area contributed by atoms with Gasteiger partial charge in [0.25, 0.3) is 0 Å². The molecule has 2 atom stereocenters. The van der Waals surface area contributed by atoms with Crippen molar-refractivity contribution in [2.45, 2.75) is 130 Å². The number of benzene rings is 1. The van der Waals surface area contributed by atoms with E-state index in [-0.39, 0.29) is 23.8 Å². The molecule has 37 heavy (non-hydrogen) atoms. The Hall–Kier alpha value is -2.57. The van der Waals surface area contributed by atoms with Gasteiger partial charge in [0, 0.05) is 11.6 Å². The fraction of sp³-hybridized carbons (Fsp3) is 0.700. The van der Waals surface area contributed by atoms with Gasteiger partial charge in [-0.15, -0.1) is 0 Å². The smallest absolute Gasteiger partial charge is 0.408 e. The van der Waals surface area contributed by atoms with E-state index in [1.165, 1.54) is 6.42 Å². The van der Waals surface area contributed by atoms with Crippen molar-refractivity contribution in [2.24, 2.45) is 5.92 Å². The van der Waals surface area contributed by atoms with Crippen LogP contribution in [0.15, 0.2) is 30.3 Å². The average Bonchev–Trinajstić information content (AvgIpc) is 2.81. The lowest BCUT2D eigenvalue weighted by molar-refractivity contribution is -0.150. The summed E-state index contributed by atoms with van der Waals surface area (Å²) in [6.07, 6.45) is 5.72. The fourth-order valence-corrected chi connectivity index (χ4v) is 4.84. The summed E-state index contributed by atoms with van der Waals surface area (Å²) in [6, 6.07) is 7.95. The van der Waals surface area contributed by atoms with Gasteiger partial charge in [-0.25, -0.2) is 4.79 Å². The second-order valence-electron chi connectivity index (χ2n) is 12.4. The first-order chi connectivity index (χ1) is 17.2. The second kappa shape index (κ2) is 13.3. The highest BCUT2D eigenvalue weighted by Gasteiger charge is 2.43. The van der Waals surface area contributed by atoms with Crippen molar-refractivity contribution in [2.75, 3.05) is 0 Å². The molecule has 7 nitrogen and oxygen atoms in total. The molecule has 2 rings (SSSR count). The maximum absolute atomic E-state index is 14.4. The zero-order valence-corrected chi connectivity index (χ0v) is 24.2. The Bertz CT molecular complexity index is 886. The maximum atomic E-state index is 14.4. The predicted molar refractivity (Wildman–Crippen MR) is 148 cm³/mol. The molecule has 1 aliphatic carbocycles. The van der Waals surface area contributed by atoms with Crippen LogP contribution in [0.3, 0.4) is 0 Å². The van der Waals surface area contributed by atoms with E-state index >= 15 is 0 Å². The number of carbonyl (C=O) groups excluding carboxylic acids is 3. The molecular formula is C30H49N3O4. The van der Waals surface area contributed by atoms with Crippen molar-refractivity contribution in [1.29, 1.82) is 0 Å². The minimum Gasteiger partial charge on any atom is -0.444 e. The summed E-state index contributed by atoms with van der Waals surface area (Å²) in [5, 5.41) is 6.08. The van der Waals surface area contributed by atoms with Gasteiger partial charge in [-0.1, -0.05) is 70.4 Å². The molecule has 208 valence electrons. The topological polar surface area (TPSA) is 87.7 Å². The van der Waals surface area contributed by atoms with Crippen LogP contribution in [0.5, 0.6) is 0 Å². The van der Waals surface area contributed by atoms with E-state index in [1.807, 2.05) is 65.0 Å². The number of nitrogens with one attached hydrogen (secondary N) is 2. The number of hydrogen-bond acceptors (Lipinski definition) is 4. The zero-order valence-electron chi connectivity index (χ0n) is 24.2. The zero-order chi connectivity index (χ0) is 27.8. The van der Waals surface area contributed by atoms with Gasteiger partial charge in [0.2, 0.25) is 11.8 Å². The molecule has 1 aliphatic rings. The number of ether oxygens (including phenoxy) is 1. The van der Waals surface area contributed by atoms with Gasteiger partial charge in [-0.2, -0.15) is 0 Å². The normalized spacial score (nSPS) is 16.6. The molecule has 0 aliphatic heterocycles. The number of alkyl carbamates (subject to hydrolysis) is 1. The molecule has 1 aromatic rings. The lowest BCUT2D eigenvalue weighted by atomic mass is 9.90. The number of amides is 3. The summed E-state index contributed by atoms with van der Waals surface area (Å²) < 4.78 is 5.48. The third-order valence-electron chi connectivity index (χ3n) is 7.02. The van der Waals surface area contributed by atoms with Crippen molar-refractivity contribution in [3.05, 3.63) is 35.9 Å². The van der Waals surface area contributed by atoms with Crippen molar-refractivity contribution in [1.82, 2.24) is 15.5 Å². The van der Waals surface area contributed by atoms with Crippen LogP contribution in [-0.2, 0) is 14.3 Å². The molecule has 2 N–H and O–H groups in total. The molecule has 1 saturated carbocycles. The summed E-state index contributed by atoms with van der Waals surface area (Å²) in [4.78, 5) is 42.8. The molecule has 0 spiro atoms. The lowest BCUT2D eigenvalue weighted by Gasteiger charge is -2.45. The summed E-state index contributed by atoms with van der Waals surface area (Å²) in [5.74, 6) is -0.311.